The normalized spacial score (nSPS) is 9.10. The van der Waals surface area contributed by atoms with E-state index in [0.29, 0.717) is 6.61 Å². The topological polar surface area (TPSA) is 33.0 Å². The Morgan fingerprint density at radius 2 is 2.60 bits per heavy atom. The second-order valence-corrected chi connectivity index (χ2v) is 2.76. The number of ether oxygens (including phenoxy) is 1. The first-order valence-corrected chi connectivity index (χ1v) is 3.78. The fourth-order valence-electron chi connectivity index (χ4n) is 0.592. The van der Waals surface area contributed by atoms with Crippen LogP contribution in [0, 0.1) is 11.3 Å². The van der Waals surface area contributed by atoms with Gasteiger partial charge in [-0.25, -0.2) is 0 Å². The van der Waals surface area contributed by atoms with Gasteiger partial charge in [0.15, 0.2) is 0 Å². The summed E-state index contributed by atoms with van der Waals surface area (Å²) in [5.74, 6) is 0. The molecule has 0 radical (unpaired) electrons. The quantitative estimate of drug-likeness (QED) is 0.620. The predicted molar refractivity (Wildman–Crippen MR) is 39.6 cm³/mol. The zero-order valence-corrected chi connectivity index (χ0v) is 6.23. The van der Waals surface area contributed by atoms with Crippen LogP contribution in [0.5, 0.6) is 0 Å². The molecule has 0 atom stereocenters. The smallest absolute Gasteiger partial charge is 0.134 e. The number of nitrogens with zero attached hydrogens (tertiary/aromatic N) is 1. The number of rotatable bonds is 3. The van der Waals surface area contributed by atoms with Gasteiger partial charge in [0.2, 0.25) is 0 Å². The monoisotopic (exact) mass is 153 g/mol. The number of hydrogen-bond acceptors (Lipinski definition) is 3. The van der Waals surface area contributed by atoms with Crippen molar-refractivity contribution >= 4 is 11.3 Å². The van der Waals surface area contributed by atoms with E-state index >= 15 is 0 Å². The highest BCUT2D eigenvalue weighted by Gasteiger charge is 1.90. The fourth-order valence-corrected chi connectivity index (χ4v) is 1.23. The van der Waals surface area contributed by atoms with Crippen molar-refractivity contribution in [2.45, 2.75) is 6.61 Å². The average Bonchev–Trinajstić information content (AvgIpc) is 2.41. The fraction of sp³-hybridized carbons (Fsp3) is 0.286. The van der Waals surface area contributed by atoms with Crippen LogP contribution in [0.1, 0.15) is 4.88 Å². The molecule has 0 saturated heterocycles. The molecule has 0 aliphatic carbocycles. The summed E-state index contributed by atoms with van der Waals surface area (Å²) in [5, 5.41) is 10.1. The van der Waals surface area contributed by atoms with Crippen LogP contribution in [-0.2, 0) is 11.3 Å². The van der Waals surface area contributed by atoms with Crippen molar-refractivity contribution in [3.05, 3.63) is 22.4 Å². The Bertz CT molecular complexity index is 212. The third kappa shape index (κ3) is 2.18. The second kappa shape index (κ2) is 4.04. The highest BCUT2D eigenvalue weighted by molar-refractivity contribution is 7.09. The molecule has 52 valence electrons. The third-order valence-electron chi connectivity index (χ3n) is 0.991. The maximum absolute atomic E-state index is 8.12. The lowest BCUT2D eigenvalue weighted by Crippen LogP contribution is -1.89. The Hall–Kier alpha value is -0.850. The lowest BCUT2D eigenvalue weighted by Gasteiger charge is -1.92. The molecule has 0 unspecified atom stereocenters. The number of thiophene rings is 1. The van der Waals surface area contributed by atoms with Crippen LogP contribution >= 0.6 is 11.3 Å². The molecule has 2 nitrogen and oxygen atoms in total. The minimum absolute atomic E-state index is 0.178. The zero-order chi connectivity index (χ0) is 7.23. The van der Waals surface area contributed by atoms with E-state index in [4.69, 9.17) is 10.00 Å². The Morgan fingerprint density at radius 1 is 1.70 bits per heavy atom. The van der Waals surface area contributed by atoms with Crippen LogP contribution in [-0.4, -0.2) is 6.61 Å². The van der Waals surface area contributed by atoms with Crippen molar-refractivity contribution in [3.63, 3.8) is 0 Å². The van der Waals surface area contributed by atoms with Crippen LogP contribution in [0.4, 0.5) is 0 Å². The van der Waals surface area contributed by atoms with Crippen LogP contribution in [0.15, 0.2) is 17.5 Å². The lowest BCUT2D eigenvalue weighted by molar-refractivity contribution is 0.155. The van der Waals surface area contributed by atoms with Gasteiger partial charge < -0.3 is 4.74 Å². The molecule has 10 heavy (non-hydrogen) atoms. The molecule has 1 rings (SSSR count). The zero-order valence-electron chi connectivity index (χ0n) is 5.41. The molecule has 0 aliphatic rings. The van der Waals surface area contributed by atoms with E-state index in [0.717, 1.165) is 4.88 Å². The lowest BCUT2D eigenvalue weighted by atomic mass is 10.5. The van der Waals surface area contributed by atoms with Gasteiger partial charge in [-0.1, -0.05) is 6.07 Å². The van der Waals surface area contributed by atoms with Crippen molar-refractivity contribution in [3.8, 4) is 6.07 Å². The Labute approximate surface area is 63.7 Å². The molecule has 3 heteroatoms. The molecular formula is C7H7NOS. The standard InChI is InChI=1S/C7H7NOS/c8-3-4-9-6-7-2-1-5-10-7/h1-2,5H,4,6H2. The molecule has 0 fully saturated rings. The van der Waals surface area contributed by atoms with Crippen molar-refractivity contribution in [1.82, 2.24) is 0 Å². The van der Waals surface area contributed by atoms with Crippen molar-refractivity contribution in [2.24, 2.45) is 0 Å². The van der Waals surface area contributed by atoms with Crippen LogP contribution in [0.25, 0.3) is 0 Å². The molecule has 0 amide bonds. The third-order valence-corrected chi connectivity index (χ3v) is 1.84. The molecule has 0 aromatic carbocycles. The van der Waals surface area contributed by atoms with Gasteiger partial charge in [0.25, 0.3) is 0 Å². The first kappa shape index (κ1) is 7.26. The van der Waals surface area contributed by atoms with Gasteiger partial charge in [-0.2, -0.15) is 5.26 Å². The summed E-state index contributed by atoms with van der Waals surface area (Å²) in [6.07, 6.45) is 0. The highest BCUT2D eigenvalue weighted by atomic mass is 32.1. The van der Waals surface area contributed by atoms with E-state index in [-0.39, 0.29) is 6.61 Å². The van der Waals surface area contributed by atoms with Crippen LogP contribution in [0.3, 0.4) is 0 Å². The summed E-state index contributed by atoms with van der Waals surface area (Å²) in [4.78, 5) is 1.16. The van der Waals surface area contributed by atoms with Gasteiger partial charge in [-0.15, -0.1) is 11.3 Å². The van der Waals surface area contributed by atoms with E-state index in [9.17, 15) is 0 Å². The summed E-state index contributed by atoms with van der Waals surface area (Å²) < 4.78 is 4.98. The van der Waals surface area contributed by atoms with E-state index < -0.39 is 0 Å². The van der Waals surface area contributed by atoms with Gasteiger partial charge in [-0.3, -0.25) is 0 Å². The summed E-state index contributed by atoms with van der Waals surface area (Å²) >= 11 is 1.64. The molecule has 0 aliphatic heterocycles. The summed E-state index contributed by atoms with van der Waals surface area (Å²) in [6, 6.07) is 5.87. The molecule has 0 N–H and O–H groups in total. The van der Waals surface area contributed by atoms with Crippen molar-refractivity contribution in [1.29, 1.82) is 5.26 Å². The SMILES string of the molecule is N#CCOCc1cccs1. The van der Waals surface area contributed by atoms with Crippen LogP contribution < -0.4 is 0 Å². The summed E-state index contributed by atoms with van der Waals surface area (Å²) in [5.41, 5.74) is 0. The van der Waals surface area contributed by atoms with Gasteiger partial charge in [0.05, 0.1) is 12.7 Å². The molecule has 1 aromatic rings. The maximum Gasteiger partial charge on any atom is 0.134 e. The average molecular weight is 153 g/mol. The molecular weight excluding hydrogens is 146 g/mol. The van der Waals surface area contributed by atoms with Crippen molar-refractivity contribution in [2.75, 3.05) is 6.61 Å². The first-order valence-electron chi connectivity index (χ1n) is 2.90. The van der Waals surface area contributed by atoms with Crippen molar-refractivity contribution < 1.29 is 4.74 Å². The van der Waals surface area contributed by atoms with Gasteiger partial charge in [-0.05, 0) is 11.4 Å². The second-order valence-electron chi connectivity index (χ2n) is 1.73. The van der Waals surface area contributed by atoms with Crippen LogP contribution in [0.2, 0.25) is 0 Å². The number of hydrogen-bond donors (Lipinski definition) is 0. The van der Waals surface area contributed by atoms with Gasteiger partial charge >= 0.3 is 0 Å². The van der Waals surface area contributed by atoms with E-state index in [2.05, 4.69) is 0 Å². The van der Waals surface area contributed by atoms with Gasteiger partial charge in [0, 0.05) is 4.88 Å². The molecule has 0 saturated carbocycles. The minimum atomic E-state index is 0.178. The molecule has 0 bridgehead atoms. The Balaban J connectivity index is 2.23. The Kier molecular flexibility index (Phi) is 2.94. The largest absolute Gasteiger partial charge is 0.361 e. The summed E-state index contributed by atoms with van der Waals surface area (Å²) in [6.45, 7) is 0.739. The molecule has 1 aromatic heterocycles. The molecule has 1 heterocycles. The number of nitriles is 1. The first-order chi connectivity index (χ1) is 4.93. The van der Waals surface area contributed by atoms with E-state index in [1.165, 1.54) is 0 Å². The van der Waals surface area contributed by atoms with E-state index in [1.54, 1.807) is 11.3 Å². The molecule has 0 spiro atoms. The predicted octanol–water partition coefficient (Wildman–Crippen LogP) is 1.79. The minimum Gasteiger partial charge on any atom is -0.361 e. The highest BCUT2D eigenvalue weighted by Crippen LogP contribution is 2.08. The van der Waals surface area contributed by atoms with E-state index in [1.807, 2.05) is 23.6 Å². The van der Waals surface area contributed by atoms with Gasteiger partial charge in [0.1, 0.15) is 6.61 Å². The maximum atomic E-state index is 8.12. The Morgan fingerprint density at radius 3 is 3.20 bits per heavy atom. The summed E-state index contributed by atoms with van der Waals surface area (Å²) in [7, 11) is 0.